The van der Waals surface area contributed by atoms with E-state index in [1.165, 1.54) is 0 Å². The maximum atomic E-state index is 12.6. The van der Waals surface area contributed by atoms with Crippen LogP contribution in [0.15, 0.2) is 30.3 Å². The van der Waals surface area contributed by atoms with Gasteiger partial charge in [0.1, 0.15) is 5.82 Å². The number of likely N-dealkylation sites (tertiary alicyclic amines) is 1. The fraction of sp³-hybridized carbons (Fsp3) is 0.550. The average molecular weight is 390 g/mol. The summed E-state index contributed by atoms with van der Waals surface area (Å²) in [6.07, 6.45) is 5.82. The Kier molecular flexibility index (Phi) is 6.50. The number of aromatic amines is 1. The van der Waals surface area contributed by atoms with E-state index in [9.17, 15) is 4.79 Å². The van der Waals surface area contributed by atoms with Crippen molar-refractivity contribution in [2.75, 3.05) is 13.1 Å². The van der Waals surface area contributed by atoms with Gasteiger partial charge in [0.25, 0.3) is 0 Å². The smallest absolute Gasteiger partial charge is 0.222 e. The molecule has 1 aromatic carbocycles. The molecule has 2 atom stereocenters. The number of nitrogens with two attached hydrogens (primary N) is 1. The van der Waals surface area contributed by atoms with Crippen LogP contribution in [-0.4, -0.2) is 45.1 Å². The molecule has 0 radical (unpaired) electrons. The molecular formula is C20H28ClN5O. The Morgan fingerprint density at radius 2 is 1.89 bits per heavy atom. The number of piperidine rings is 1. The third kappa shape index (κ3) is 4.50. The van der Waals surface area contributed by atoms with Crippen LogP contribution in [0.3, 0.4) is 0 Å². The molecule has 1 saturated heterocycles. The number of hydrogen-bond acceptors (Lipinski definition) is 4. The Balaban J connectivity index is 0.00000210. The predicted octanol–water partition coefficient (Wildman–Crippen LogP) is 3.12. The van der Waals surface area contributed by atoms with Gasteiger partial charge in [-0.05, 0) is 31.6 Å². The molecule has 1 amide bonds. The first-order chi connectivity index (χ1) is 12.7. The van der Waals surface area contributed by atoms with Crippen LogP contribution in [0.4, 0.5) is 0 Å². The highest BCUT2D eigenvalue weighted by Crippen LogP contribution is 2.30. The topological polar surface area (TPSA) is 87.9 Å². The number of aromatic nitrogens is 3. The van der Waals surface area contributed by atoms with Gasteiger partial charge >= 0.3 is 0 Å². The lowest BCUT2D eigenvalue weighted by atomic mass is 9.94. The Morgan fingerprint density at radius 1 is 1.15 bits per heavy atom. The van der Waals surface area contributed by atoms with Crippen molar-refractivity contribution in [2.45, 2.75) is 50.5 Å². The first-order valence-electron chi connectivity index (χ1n) is 9.72. The molecule has 2 fully saturated rings. The first kappa shape index (κ1) is 19.8. The summed E-state index contributed by atoms with van der Waals surface area (Å²) in [5, 5.41) is 7.46. The first-order valence-corrected chi connectivity index (χ1v) is 9.72. The Morgan fingerprint density at radius 3 is 2.56 bits per heavy atom. The molecule has 1 aliphatic heterocycles. The number of benzene rings is 1. The van der Waals surface area contributed by atoms with Crippen molar-refractivity contribution in [3.05, 3.63) is 36.2 Å². The van der Waals surface area contributed by atoms with Gasteiger partial charge in [-0.15, -0.1) is 12.4 Å². The van der Waals surface area contributed by atoms with Crippen molar-refractivity contribution in [1.82, 2.24) is 20.1 Å². The van der Waals surface area contributed by atoms with E-state index in [2.05, 4.69) is 15.2 Å². The third-order valence-corrected chi connectivity index (χ3v) is 5.92. The molecule has 2 heterocycles. The fourth-order valence-electron chi connectivity index (χ4n) is 4.25. The third-order valence-electron chi connectivity index (χ3n) is 5.92. The second-order valence-electron chi connectivity index (χ2n) is 7.62. The van der Waals surface area contributed by atoms with Gasteiger partial charge in [-0.3, -0.25) is 9.89 Å². The quantitative estimate of drug-likeness (QED) is 0.840. The second-order valence-corrected chi connectivity index (χ2v) is 7.62. The zero-order chi connectivity index (χ0) is 17.9. The van der Waals surface area contributed by atoms with E-state index in [0.717, 1.165) is 62.4 Å². The molecule has 1 aliphatic carbocycles. The Bertz CT molecular complexity index is 742. The van der Waals surface area contributed by atoms with Crippen LogP contribution in [-0.2, 0) is 4.79 Å². The number of carbonyl (C=O) groups excluding carboxylic acids is 1. The van der Waals surface area contributed by atoms with E-state index in [4.69, 9.17) is 5.73 Å². The summed E-state index contributed by atoms with van der Waals surface area (Å²) in [6, 6.07) is 10.2. The number of H-pyrrole nitrogens is 1. The minimum atomic E-state index is 0. The van der Waals surface area contributed by atoms with Crippen LogP contribution >= 0.6 is 12.4 Å². The molecule has 6 nitrogen and oxygen atoms in total. The van der Waals surface area contributed by atoms with E-state index in [1.54, 1.807) is 0 Å². The largest absolute Gasteiger partial charge is 0.343 e. The van der Waals surface area contributed by atoms with Gasteiger partial charge in [-0.1, -0.05) is 36.8 Å². The number of rotatable bonds is 4. The van der Waals surface area contributed by atoms with E-state index in [-0.39, 0.29) is 24.4 Å². The van der Waals surface area contributed by atoms with Gasteiger partial charge in [0.2, 0.25) is 5.91 Å². The molecule has 7 heteroatoms. The van der Waals surface area contributed by atoms with Gasteiger partial charge in [0.05, 0.1) is 0 Å². The normalized spacial score (nSPS) is 23.2. The highest BCUT2D eigenvalue weighted by Gasteiger charge is 2.30. The Labute approximate surface area is 166 Å². The van der Waals surface area contributed by atoms with Gasteiger partial charge in [0.15, 0.2) is 5.82 Å². The van der Waals surface area contributed by atoms with Crippen LogP contribution in [0, 0.1) is 5.92 Å². The maximum Gasteiger partial charge on any atom is 0.222 e. The molecule has 0 bridgehead atoms. The van der Waals surface area contributed by atoms with Crippen LogP contribution in [0.25, 0.3) is 11.4 Å². The molecule has 1 aromatic heterocycles. The van der Waals surface area contributed by atoms with Crippen LogP contribution in [0.5, 0.6) is 0 Å². The summed E-state index contributed by atoms with van der Waals surface area (Å²) in [6.45, 7) is 1.60. The number of halogens is 1. The van der Waals surface area contributed by atoms with Crippen molar-refractivity contribution >= 4 is 18.3 Å². The zero-order valence-electron chi connectivity index (χ0n) is 15.5. The molecule has 2 aromatic rings. The number of hydrogen-bond donors (Lipinski definition) is 2. The van der Waals surface area contributed by atoms with Crippen molar-refractivity contribution < 1.29 is 4.79 Å². The van der Waals surface area contributed by atoms with E-state index >= 15 is 0 Å². The summed E-state index contributed by atoms with van der Waals surface area (Å²) in [4.78, 5) is 19.3. The molecule has 0 unspecified atom stereocenters. The summed E-state index contributed by atoms with van der Waals surface area (Å²) >= 11 is 0. The lowest BCUT2D eigenvalue weighted by Gasteiger charge is -2.32. The molecule has 3 N–H and O–H groups in total. The van der Waals surface area contributed by atoms with Crippen molar-refractivity contribution in [3.8, 4) is 11.4 Å². The fourth-order valence-corrected chi connectivity index (χ4v) is 4.25. The molecule has 27 heavy (non-hydrogen) atoms. The summed E-state index contributed by atoms with van der Waals surface area (Å²) in [5.41, 5.74) is 7.14. The minimum Gasteiger partial charge on any atom is -0.343 e. The van der Waals surface area contributed by atoms with E-state index in [0.29, 0.717) is 18.3 Å². The molecule has 4 rings (SSSR count). The SMILES string of the molecule is Cl.N[C@@H]1CCC[C@H]1CC(=O)N1CCC(c2nc(-c3ccccc3)n[nH]2)CC1. The number of nitrogens with zero attached hydrogens (tertiary/aromatic N) is 3. The molecule has 146 valence electrons. The number of nitrogens with one attached hydrogen (secondary N) is 1. The summed E-state index contributed by atoms with van der Waals surface area (Å²) < 4.78 is 0. The second kappa shape index (κ2) is 8.85. The standard InChI is InChI=1S/C20H27N5O.ClH/c21-17-8-4-7-16(17)13-18(26)25-11-9-15(10-12-25)20-22-19(23-24-20)14-5-2-1-3-6-14;/h1-3,5-6,15-17H,4,7-13,21H2,(H,22,23,24);1H/t16-,17+;/m0./s1. The van der Waals surface area contributed by atoms with Crippen molar-refractivity contribution in [2.24, 2.45) is 11.7 Å². The highest BCUT2D eigenvalue weighted by atomic mass is 35.5. The molecule has 2 aliphatic rings. The van der Waals surface area contributed by atoms with Gasteiger partial charge in [-0.2, -0.15) is 5.10 Å². The summed E-state index contributed by atoms with van der Waals surface area (Å²) in [5.74, 6) is 2.68. The maximum absolute atomic E-state index is 12.6. The highest BCUT2D eigenvalue weighted by molar-refractivity contribution is 5.85. The van der Waals surface area contributed by atoms with Crippen molar-refractivity contribution in [1.29, 1.82) is 0 Å². The molecular weight excluding hydrogens is 362 g/mol. The minimum absolute atomic E-state index is 0. The lowest BCUT2D eigenvalue weighted by molar-refractivity contribution is -0.133. The average Bonchev–Trinajstić information content (AvgIpc) is 3.32. The monoisotopic (exact) mass is 389 g/mol. The van der Waals surface area contributed by atoms with E-state index < -0.39 is 0 Å². The predicted molar refractivity (Wildman–Crippen MR) is 108 cm³/mol. The van der Waals surface area contributed by atoms with Crippen LogP contribution < -0.4 is 5.73 Å². The number of carbonyl (C=O) groups is 1. The number of amides is 1. The summed E-state index contributed by atoms with van der Waals surface area (Å²) in [7, 11) is 0. The van der Waals surface area contributed by atoms with Crippen LogP contribution in [0.2, 0.25) is 0 Å². The van der Waals surface area contributed by atoms with Crippen LogP contribution in [0.1, 0.15) is 50.3 Å². The zero-order valence-corrected chi connectivity index (χ0v) is 16.3. The molecule has 1 saturated carbocycles. The van der Waals surface area contributed by atoms with Gasteiger partial charge in [0, 0.05) is 37.0 Å². The Hall–Kier alpha value is -1.92. The van der Waals surface area contributed by atoms with Gasteiger partial charge < -0.3 is 10.6 Å². The van der Waals surface area contributed by atoms with Crippen molar-refractivity contribution in [3.63, 3.8) is 0 Å². The van der Waals surface area contributed by atoms with Gasteiger partial charge in [-0.25, -0.2) is 4.98 Å². The van der Waals surface area contributed by atoms with E-state index in [1.807, 2.05) is 35.2 Å². The molecule has 0 spiro atoms. The lowest BCUT2D eigenvalue weighted by Crippen LogP contribution is -2.40.